The number of rotatable bonds is 8. The van der Waals surface area contributed by atoms with Crippen LogP contribution in [0.3, 0.4) is 0 Å². The van der Waals surface area contributed by atoms with Gasteiger partial charge in [-0.25, -0.2) is 0 Å². The van der Waals surface area contributed by atoms with E-state index < -0.39 is 0 Å². The minimum absolute atomic E-state index is 0.00174. The van der Waals surface area contributed by atoms with Crippen LogP contribution in [-0.2, 0) is 11.2 Å². The summed E-state index contributed by atoms with van der Waals surface area (Å²) in [5, 5.41) is 8.84. The summed E-state index contributed by atoms with van der Waals surface area (Å²) >= 11 is 0. The maximum Gasteiger partial charge on any atom is 0.119 e. The van der Waals surface area contributed by atoms with Gasteiger partial charge in [0.25, 0.3) is 0 Å². The van der Waals surface area contributed by atoms with Crippen LogP contribution in [0.25, 0.3) is 0 Å². The number of aryl methyl sites for hydroxylation is 1. The van der Waals surface area contributed by atoms with E-state index in [1.807, 2.05) is 12.1 Å². The Balaban J connectivity index is 2.97. The van der Waals surface area contributed by atoms with E-state index in [2.05, 4.69) is 24.7 Å². The molecule has 0 aliphatic heterocycles. The summed E-state index contributed by atoms with van der Waals surface area (Å²) in [7, 11) is 1.65. The van der Waals surface area contributed by atoms with Gasteiger partial charge < -0.3 is 14.6 Å². The molecule has 100 valence electrons. The molecule has 1 aromatic carbocycles. The summed E-state index contributed by atoms with van der Waals surface area (Å²) in [6.07, 6.45) is 0.744. The molecule has 1 atom stereocenters. The smallest absolute Gasteiger partial charge is 0.119 e. The number of aliphatic hydroxyl groups is 1. The highest BCUT2D eigenvalue weighted by atomic mass is 16.5. The third-order valence-electron chi connectivity index (χ3n) is 2.71. The van der Waals surface area contributed by atoms with Crippen molar-refractivity contribution in [2.75, 3.05) is 26.9 Å². The van der Waals surface area contributed by atoms with Crippen molar-refractivity contribution in [2.24, 2.45) is 4.99 Å². The number of methoxy groups -OCH3 is 1. The largest absolute Gasteiger partial charge is 0.497 e. The van der Waals surface area contributed by atoms with Crippen LogP contribution >= 0.6 is 0 Å². The van der Waals surface area contributed by atoms with Crippen molar-refractivity contribution in [2.45, 2.75) is 19.4 Å². The molecule has 0 spiro atoms. The molecule has 0 aliphatic carbocycles. The number of hydrogen-bond acceptors (Lipinski definition) is 4. The fourth-order valence-corrected chi connectivity index (χ4v) is 1.76. The lowest BCUT2D eigenvalue weighted by Gasteiger charge is -2.17. The van der Waals surface area contributed by atoms with Crippen LogP contribution in [0.4, 0.5) is 0 Å². The van der Waals surface area contributed by atoms with Crippen LogP contribution < -0.4 is 4.74 Å². The van der Waals surface area contributed by atoms with Crippen molar-refractivity contribution in [3.63, 3.8) is 0 Å². The first-order chi connectivity index (χ1) is 8.74. The van der Waals surface area contributed by atoms with Gasteiger partial charge in [0.2, 0.25) is 0 Å². The van der Waals surface area contributed by atoms with Gasteiger partial charge in [-0.15, -0.1) is 0 Å². The molecule has 1 unspecified atom stereocenters. The van der Waals surface area contributed by atoms with Crippen LogP contribution in [0.5, 0.6) is 5.75 Å². The summed E-state index contributed by atoms with van der Waals surface area (Å²) in [5.74, 6) is 0.811. The fourth-order valence-electron chi connectivity index (χ4n) is 1.76. The van der Waals surface area contributed by atoms with E-state index in [4.69, 9.17) is 14.6 Å². The van der Waals surface area contributed by atoms with Crippen molar-refractivity contribution in [3.05, 3.63) is 29.3 Å². The maximum absolute atomic E-state index is 8.84. The lowest BCUT2D eigenvalue weighted by atomic mass is 10.0. The zero-order chi connectivity index (χ0) is 13.4. The van der Waals surface area contributed by atoms with Crippen LogP contribution in [0.15, 0.2) is 23.2 Å². The Morgan fingerprint density at radius 3 is 2.72 bits per heavy atom. The van der Waals surface area contributed by atoms with Gasteiger partial charge in [-0.2, -0.15) is 0 Å². The second-order valence-electron chi connectivity index (χ2n) is 3.96. The van der Waals surface area contributed by atoms with E-state index in [0.29, 0.717) is 13.2 Å². The first-order valence-electron chi connectivity index (χ1n) is 6.08. The minimum Gasteiger partial charge on any atom is -0.497 e. The van der Waals surface area contributed by atoms with Crippen molar-refractivity contribution in [1.82, 2.24) is 0 Å². The Morgan fingerprint density at radius 1 is 1.39 bits per heavy atom. The van der Waals surface area contributed by atoms with E-state index >= 15 is 0 Å². The second kappa shape index (κ2) is 7.84. The van der Waals surface area contributed by atoms with Gasteiger partial charge in [0.1, 0.15) is 11.9 Å². The van der Waals surface area contributed by atoms with Gasteiger partial charge in [-0.3, -0.25) is 4.99 Å². The molecule has 18 heavy (non-hydrogen) atoms. The van der Waals surface area contributed by atoms with E-state index in [0.717, 1.165) is 17.7 Å². The molecule has 0 radical (unpaired) electrons. The molecule has 0 fully saturated rings. The van der Waals surface area contributed by atoms with Crippen LogP contribution in [0.1, 0.15) is 24.2 Å². The Bertz CT molecular complexity index is 357. The van der Waals surface area contributed by atoms with Crippen LogP contribution in [0, 0.1) is 0 Å². The molecule has 1 rings (SSSR count). The molecule has 0 bridgehead atoms. The lowest BCUT2D eigenvalue weighted by molar-refractivity contribution is 0.0331. The number of nitrogens with zero attached hydrogens (tertiary/aromatic N) is 1. The van der Waals surface area contributed by atoms with Gasteiger partial charge >= 0.3 is 0 Å². The molecule has 0 saturated heterocycles. The summed E-state index contributed by atoms with van der Waals surface area (Å²) in [6.45, 7) is 6.34. The molecule has 1 N–H and O–H groups in total. The number of hydrogen-bond donors (Lipinski definition) is 1. The minimum atomic E-state index is -0.185. The molecular weight excluding hydrogens is 230 g/mol. The highest BCUT2D eigenvalue weighted by molar-refractivity contribution is 5.36. The zero-order valence-corrected chi connectivity index (χ0v) is 11.1. The third-order valence-corrected chi connectivity index (χ3v) is 2.71. The van der Waals surface area contributed by atoms with Gasteiger partial charge in [-0.05, 0) is 36.4 Å². The number of ether oxygens (including phenoxy) is 2. The van der Waals surface area contributed by atoms with E-state index in [1.54, 1.807) is 7.11 Å². The third kappa shape index (κ3) is 4.13. The van der Waals surface area contributed by atoms with Gasteiger partial charge in [0, 0.05) is 0 Å². The van der Waals surface area contributed by atoms with Crippen molar-refractivity contribution in [3.8, 4) is 5.75 Å². The molecule has 4 heteroatoms. The van der Waals surface area contributed by atoms with Crippen molar-refractivity contribution in [1.29, 1.82) is 0 Å². The maximum atomic E-state index is 8.84. The first kappa shape index (κ1) is 14.7. The summed E-state index contributed by atoms with van der Waals surface area (Å²) in [5.41, 5.74) is 2.19. The predicted octanol–water partition coefficient (Wildman–Crippen LogP) is 2.01. The second-order valence-corrected chi connectivity index (χ2v) is 3.96. The average Bonchev–Trinajstić information content (AvgIpc) is 2.42. The summed E-state index contributed by atoms with van der Waals surface area (Å²) in [6, 6.07) is 6.02. The van der Waals surface area contributed by atoms with Crippen LogP contribution in [0.2, 0.25) is 0 Å². The van der Waals surface area contributed by atoms with Gasteiger partial charge in [0.15, 0.2) is 0 Å². The standard InChI is InChI=1S/C14H21NO3/c1-4-11-7-12(9-13(8-11)17-3)14(10-15-2)18-6-5-16/h7-9,14,16H,2,4-6,10H2,1,3H3. The first-order valence-corrected chi connectivity index (χ1v) is 6.08. The van der Waals surface area contributed by atoms with Crippen LogP contribution in [-0.4, -0.2) is 38.7 Å². The highest BCUT2D eigenvalue weighted by Crippen LogP contribution is 2.25. The number of aliphatic hydroxyl groups excluding tert-OH is 1. The Hall–Kier alpha value is -1.39. The quantitative estimate of drug-likeness (QED) is 0.719. The molecule has 1 aromatic rings. The monoisotopic (exact) mass is 251 g/mol. The molecule has 0 saturated carbocycles. The van der Waals surface area contributed by atoms with Crippen molar-refractivity contribution < 1.29 is 14.6 Å². The SMILES string of the molecule is C=NCC(OCCO)c1cc(CC)cc(OC)c1. The van der Waals surface area contributed by atoms with E-state index in [-0.39, 0.29) is 12.7 Å². The molecule has 0 aliphatic rings. The normalized spacial score (nSPS) is 12.2. The summed E-state index contributed by atoms with van der Waals surface area (Å²) < 4.78 is 10.9. The zero-order valence-electron chi connectivity index (χ0n) is 11.1. The number of aliphatic imine (C=N–C) groups is 1. The van der Waals surface area contributed by atoms with Gasteiger partial charge in [-0.1, -0.05) is 13.0 Å². The van der Waals surface area contributed by atoms with E-state index in [1.165, 1.54) is 5.56 Å². The highest BCUT2D eigenvalue weighted by Gasteiger charge is 2.13. The summed E-state index contributed by atoms with van der Waals surface area (Å²) in [4.78, 5) is 3.88. The molecule has 0 heterocycles. The Morgan fingerprint density at radius 2 is 2.17 bits per heavy atom. The molecule has 4 nitrogen and oxygen atoms in total. The number of benzene rings is 1. The van der Waals surface area contributed by atoms with Crippen molar-refractivity contribution >= 4 is 6.72 Å². The Labute approximate surface area is 108 Å². The topological polar surface area (TPSA) is 51.0 Å². The van der Waals surface area contributed by atoms with Gasteiger partial charge in [0.05, 0.1) is 26.9 Å². The van der Waals surface area contributed by atoms with E-state index in [9.17, 15) is 0 Å². The Kier molecular flexibility index (Phi) is 6.39. The average molecular weight is 251 g/mol. The lowest BCUT2D eigenvalue weighted by Crippen LogP contribution is -2.11. The molecule has 0 amide bonds. The predicted molar refractivity (Wildman–Crippen MR) is 72.6 cm³/mol. The fraction of sp³-hybridized carbons (Fsp3) is 0.500. The molecule has 0 aromatic heterocycles. The molecular formula is C14H21NO3.